The molecule has 0 bridgehead atoms. The lowest BCUT2D eigenvalue weighted by atomic mass is 9.80. The second-order valence-corrected chi connectivity index (χ2v) is 8.62. The number of nitrogens with one attached hydrogen (secondary N) is 1. The van der Waals surface area contributed by atoms with Crippen molar-refractivity contribution < 1.29 is 13.6 Å². The van der Waals surface area contributed by atoms with Crippen molar-refractivity contribution in [3.05, 3.63) is 41.6 Å². The van der Waals surface area contributed by atoms with Gasteiger partial charge in [0.15, 0.2) is 11.3 Å². The summed E-state index contributed by atoms with van der Waals surface area (Å²) in [5.74, 6) is 0.756. The van der Waals surface area contributed by atoms with E-state index < -0.39 is 18.0 Å². The Morgan fingerprint density at radius 2 is 1.94 bits per heavy atom. The Labute approximate surface area is 179 Å². The summed E-state index contributed by atoms with van der Waals surface area (Å²) in [5, 5.41) is 10.9. The highest BCUT2D eigenvalue weighted by atomic mass is 19.3. The number of carbonyl (C=O) groups is 1. The fraction of sp³-hybridized carbons (Fsp3) is 0.545. The van der Waals surface area contributed by atoms with Crippen LogP contribution in [0.2, 0.25) is 0 Å². The number of hydrogen-bond acceptors (Lipinski definition) is 4. The lowest BCUT2D eigenvalue weighted by Gasteiger charge is -2.30. The van der Waals surface area contributed by atoms with Crippen molar-refractivity contribution in [2.45, 2.75) is 65.3 Å². The van der Waals surface area contributed by atoms with Crippen molar-refractivity contribution in [3.8, 4) is 0 Å². The lowest BCUT2D eigenvalue weighted by molar-refractivity contribution is 0.102. The molecule has 166 valence electrons. The van der Waals surface area contributed by atoms with Crippen LogP contribution in [0.1, 0.15) is 80.5 Å². The minimum absolute atomic E-state index is 0.0375. The molecular weight excluding hydrogens is 402 g/mol. The third-order valence-electron chi connectivity index (χ3n) is 6.34. The first-order chi connectivity index (χ1) is 14.9. The van der Waals surface area contributed by atoms with Crippen LogP contribution in [0.5, 0.6) is 0 Å². The standard InChI is InChI=1S/C22H28F2N6O/c1-4-14-9-25-21-17(10-26-30(21)11-14)22(31)27-18-12-29(28-19(18)20(23)24)16-7-5-15(6-8-16)13(2)3/h9-13,15-16,20H,4-8H2,1-3H3,(H,27,31). The van der Waals surface area contributed by atoms with Crippen molar-refractivity contribution in [3.63, 3.8) is 0 Å². The number of nitrogens with zero attached hydrogens (tertiary/aromatic N) is 5. The molecule has 7 nitrogen and oxygen atoms in total. The van der Waals surface area contributed by atoms with Crippen LogP contribution in [0, 0.1) is 11.8 Å². The van der Waals surface area contributed by atoms with Crippen molar-refractivity contribution in [2.75, 3.05) is 5.32 Å². The van der Waals surface area contributed by atoms with Crippen molar-refractivity contribution in [1.82, 2.24) is 24.4 Å². The van der Waals surface area contributed by atoms with Crippen LogP contribution >= 0.6 is 0 Å². The maximum atomic E-state index is 13.6. The van der Waals surface area contributed by atoms with E-state index in [1.165, 1.54) is 16.9 Å². The fourth-order valence-electron chi connectivity index (χ4n) is 4.33. The third kappa shape index (κ3) is 4.31. The van der Waals surface area contributed by atoms with Crippen molar-refractivity contribution in [2.24, 2.45) is 11.8 Å². The molecule has 4 rings (SSSR count). The summed E-state index contributed by atoms with van der Waals surface area (Å²) < 4.78 is 30.4. The van der Waals surface area contributed by atoms with Gasteiger partial charge in [0.05, 0.1) is 17.9 Å². The Hall–Kier alpha value is -2.84. The molecule has 0 aromatic carbocycles. The second kappa shape index (κ2) is 8.72. The first-order valence-corrected chi connectivity index (χ1v) is 10.9. The van der Waals surface area contributed by atoms with E-state index in [1.807, 2.05) is 6.92 Å². The predicted octanol–water partition coefficient (Wildman–Crippen LogP) is 5.07. The number of amides is 1. The number of aromatic nitrogens is 5. The molecule has 1 fully saturated rings. The normalized spacial score (nSPS) is 19.5. The minimum atomic E-state index is -2.78. The van der Waals surface area contributed by atoms with E-state index in [2.05, 4.69) is 34.3 Å². The number of aryl methyl sites for hydroxylation is 1. The van der Waals surface area contributed by atoms with Gasteiger partial charge in [0.1, 0.15) is 5.56 Å². The van der Waals surface area contributed by atoms with Crippen LogP contribution in [0.3, 0.4) is 0 Å². The molecule has 1 amide bonds. The van der Waals surface area contributed by atoms with Crippen LogP contribution in [0.4, 0.5) is 14.5 Å². The topological polar surface area (TPSA) is 77.1 Å². The van der Waals surface area contributed by atoms with Gasteiger partial charge in [-0.25, -0.2) is 18.3 Å². The zero-order valence-electron chi connectivity index (χ0n) is 18.1. The molecule has 1 saturated carbocycles. The summed E-state index contributed by atoms with van der Waals surface area (Å²) >= 11 is 0. The van der Waals surface area contributed by atoms with E-state index in [1.54, 1.807) is 17.1 Å². The minimum Gasteiger partial charge on any atom is -0.319 e. The molecule has 3 aromatic heterocycles. The largest absolute Gasteiger partial charge is 0.319 e. The highest BCUT2D eigenvalue weighted by molar-refractivity contribution is 6.08. The average molecular weight is 431 g/mol. The Morgan fingerprint density at radius 1 is 1.19 bits per heavy atom. The molecule has 3 aromatic rings. The molecule has 31 heavy (non-hydrogen) atoms. The van der Waals surface area contributed by atoms with Gasteiger partial charge in [-0.2, -0.15) is 10.2 Å². The van der Waals surface area contributed by atoms with Crippen LogP contribution in [-0.2, 0) is 6.42 Å². The molecule has 0 spiro atoms. The van der Waals surface area contributed by atoms with E-state index in [0.717, 1.165) is 37.7 Å². The molecule has 0 saturated heterocycles. The van der Waals surface area contributed by atoms with Crippen LogP contribution < -0.4 is 5.32 Å². The van der Waals surface area contributed by atoms with Gasteiger partial charge in [0.2, 0.25) is 0 Å². The SMILES string of the molecule is CCc1cnc2c(C(=O)Nc3cn(C4CCC(C(C)C)CC4)nc3C(F)F)cnn2c1. The number of halogens is 2. The van der Waals surface area contributed by atoms with Gasteiger partial charge < -0.3 is 5.32 Å². The Balaban J connectivity index is 1.55. The zero-order valence-corrected chi connectivity index (χ0v) is 18.1. The van der Waals surface area contributed by atoms with Crippen molar-refractivity contribution >= 4 is 17.2 Å². The van der Waals surface area contributed by atoms with Gasteiger partial charge in [-0.15, -0.1) is 0 Å². The molecule has 1 N–H and O–H groups in total. The fourth-order valence-corrected chi connectivity index (χ4v) is 4.33. The summed E-state index contributed by atoms with van der Waals surface area (Å²) in [6, 6.07) is 0.0734. The first-order valence-electron chi connectivity index (χ1n) is 10.9. The lowest BCUT2D eigenvalue weighted by Crippen LogP contribution is -2.21. The Kier molecular flexibility index (Phi) is 6.02. The summed E-state index contributed by atoms with van der Waals surface area (Å²) in [6.07, 6.45) is 8.35. The van der Waals surface area contributed by atoms with Crippen molar-refractivity contribution in [1.29, 1.82) is 0 Å². The highest BCUT2D eigenvalue weighted by Gasteiger charge is 2.28. The smallest absolute Gasteiger partial charge is 0.284 e. The van der Waals surface area contributed by atoms with E-state index in [9.17, 15) is 13.6 Å². The molecule has 3 heterocycles. The van der Waals surface area contributed by atoms with E-state index in [0.29, 0.717) is 17.5 Å². The van der Waals surface area contributed by atoms with E-state index in [-0.39, 0.29) is 17.3 Å². The van der Waals surface area contributed by atoms with Gasteiger partial charge in [0.25, 0.3) is 12.3 Å². The van der Waals surface area contributed by atoms with Crippen LogP contribution in [0.25, 0.3) is 5.65 Å². The average Bonchev–Trinajstić information content (AvgIpc) is 3.37. The maximum Gasteiger partial charge on any atom is 0.284 e. The van der Waals surface area contributed by atoms with Gasteiger partial charge in [-0.1, -0.05) is 20.8 Å². The molecular formula is C22H28F2N6O. The van der Waals surface area contributed by atoms with E-state index in [4.69, 9.17) is 0 Å². The van der Waals surface area contributed by atoms with Gasteiger partial charge in [-0.05, 0) is 49.5 Å². The second-order valence-electron chi connectivity index (χ2n) is 8.62. The number of fused-ring (bicyclic) bond motifs is 1. The quantitative estimate of drug-likeness (QED) is 0.593. The number of alkyl halides is 2. The van der Waals surface area contributed by atoms with Gasteiger partial charge in [0, 0.05) is 18.6 Å². The molecule has 9 heteroatoms. The molecule has 0 unspecified atom stereocenters. The molecule has 1 aliphatic carbocycles. The highest BCUT2D eigenvalue weighted by Crippen LogP contribution is 2.37. The Morgan fingerprint density at radius 3 is 2.58 bits per heavy atom. The monoisotopic (exact) mass is 430 g/mol. The first kappa shape index (κ1) is 21.4. The summed E-state index contributed by atoms with van der Waals surface area (Å²) in [6.45, 7) is 6.44. The molecule has 0 aliphatic heterocycles. The van der Waals surface area contributed by atoms with E-state index >= 15 is 0 Å². The number of carbonyl (C=O) groups excluding carboxylic acids is 1. The van der Waals surface area contributed by atoms with Crippen LogP contribution in [0.15, 0.2) is 24.8 Å². The number of hydrogen-bond donors (Lipinski definition) is 1. The Bertz CT molecular complexity index is 1070. The predicted molar refractivity (Wildman–Crippen MR) is 113 cm³/mol. The summed E-state index contributed by atoms with van der Waals surface area (Å²) in [5.41, 5.74) is 1.23. The van der Waals surface area contributed by atoms with Gasteiger partial charge in [-0.3, -0.25) is 9.48 Å². The third-order valence-corrected chi connectivity index (χ3v) is 6.34. The van der Waals surface area contributed by atoms with Crippen LogP contribution in [-0.4, -0.2) is 30.3 Å². The number of anilines is 1. The molecule has 0 atom stereocenters. The maximum absolute atomic E-state index is 13.6. The molecule has 0 radical (unpaired) electrons. The number of rotatable bonds is 6. The van der Waals surface area contributed by atoms with Gasteiger partial charge >= 0.3 is 0 Å². The summed E-state index contributed by atoms with van der Waals surface area (Å²) in [4.78, 5) is 17.1. The summed E-state index contributed by atoms with van der Waals surface area (Å²) in [7, 11) is 0. The molecule has 1 aliphatic rings. The zero-order chi connectivity index (χ0) is 22.1.